The van der Waals surface area contributed by atoms with Gasteiger partial charge in [0.05, 0.1) is 7.11 Å². The van der Waals surface area contributed by atoms with E-state index in [1.807, 2.05) is 6.07 Å². The summed E-state index contributed by atoms with van der Waals surface area (Å²) < 4.78 is 5.36. The Morgan fingerprint density at radius 3 is 2.40 bits per heavy atom. The van der Waals surface area contributed by atoms with Crippen LogP contribution >= 0.6 is 0 Å². The zero-order valence-corrected chi connectivity index (χ0v) is 10.4. The number of anilines is 1. The number of methoxy groups -OCH3 is 1. The quantitative estimate of drug-likeness (QED) is 0.752. The molecule has 2 nitrogen and oxygen atoms in total. The minimum absolute atomic E-state index is 0.649. The van der Waals surface area contributed by atoms with Crippen molar-refractivity contribution in [2.45, 2.75) is 20.3 Å². The Hall–Kier alpha value is -1.18. The lowest BCUT2D eigenvalue weighted by atomic mass is 10.0. The largest absolute Gasteiger partial charge is 0.496 e. The van der Waals surface area contributed by atoms with E-state index in [-0.39, 0.29) is 0 Å². The van der Waals surface area contributed by atoms with Gasteiger partial charge in [-0.3, -0.25) is 0 Å². The zero-order valence-electron chi connectivity index (χ0n) is 10.4. The molecule has 0 fully saturated rings. The van der Waals surface area contributed by atoms with Crippen molar-refractivity contribution in [3.63, 3.8) is 0 Å². The van der Waals surface area contributed by atoms with Gasteiger partial charge in [0.2, 0.25) is 0 Å². The highest BCUT2D eigenvalue weighted by molar-refractivity contribution is 5.52. The van der Waals surface area contributed by atoms with Crippen molar-refractivity contribution in [1.82, 2.24) is 0 Å². The van der Waals surface area contributed by atoms with Crippen molar-refractivity contribution in [2.75, 3.05) is 26.1 Å². The van der Waals surface area contributed by atoms with E-state index in [4.69, 9.17) is 4.74 Å². The van der Waals surface area contributed by atoms with E-state index >= 15 is 0 Å². The summed E-state index contributed by atoms with van der Waals surface area (Å²) in [5.41, 5.74) is 2.52. The first-order chi connectivity index (χ1) is 7.04. The molecule has 2 heteroatoms. The van der Waals surface area contributed by atoms with Gasteiger partial charge in [0, 0.05) is 19.8 Å². The van der Waals surface area contributed by atoms with Crippen LogP contribution in [0.1, 0.15) is 19.4 Å². The summed E-state index contributed by atoms with van der Waals surface area (Å²) in [4.78, 5) is 2.11. The third kappa shape index (κ3) is 3.15. The normalized spacial score (nSPS) is 10.5. The maximum atomic E-state index is 5.36. The van der Waals surface area contributed by atoms with Crippen LogP contribution in [0.15, 0.2) is 18.2 Å². The molecule has 0 aliphatic carbocycles. The summed E-state index contributed by atoms with van der Waals surface area (Å²) in [7, 11) is 5.84. The van der Waals surface area contributed by atoms with Crippen molar-refractivity contribution in [2.24, 2.45) is 5.92 Å². The Balaban J connectivity index is 3.02. The number of benzene rings is 1. The molecule has 1 aromatic carbocycles. The van der Waals surface area contributed by atoms with Crippen LogP contribution in [0.3, 0.4) is 0 Å². The lowest BCUT2D eigenvalue weighted by Crippen LogP contribution is -2.09. The van der Waals surface area contributed by atoms with Crippen LogP contribution < -0.4 is 9.64 Å². The first-order valence-electron chi connectivity index (χ1n) is 5.38. The van der Waals surface area contributed by atoms with Crippen molar-refractivity contribution >= 4 is 5.69 Å². The molecule has 1 aromatic rings. The van der Waals surface area contributed by atoms with Crippen LogP contribution in [0.25, 0.3) is 0 Å². The van der Waals surface area contributed by atoms with Crippen LogP contribution in [-0.2, 0) is 6.42 Å². The van der Waals surface area contributed by atoms with Gasteiger partial charge < -0.3 is 9.64 Å². The van der Waals surface area contributed by atoms with Gasteiger partial charge in [0.15, 0.2) is 0 Å². The monoisotopic (exact) mass is 207 g/mol. The highest BCUT2D eigenvalue weighted by Crippen LogP contribution is 2.26. The molecule has 0 heterocycles. The highest BCUT2D eigenvalue weighted by atomic mass is 16.5. The Kier molecular flexibility index (Phi) is 4.01. The lowest BCUT2D eigenvalue weighted by Gasteiger charge is -2.17. The molecule has 0 saturated heterocycles. The SMILES string of the molecule is COc1ccc(N(C)C)cc1CC(C)C. The second-order valence-corrected chi connectivity index (χ2v) is 4.49. The molecule has 84 valence electrons. The molecule has 0 aliphatic rings. The van der Waals surface area contributed by atoms with Gasteiger partial charge in [-0.15, -0.1) is 0 Å². The minimum Gasteiger partial charge on any atom is -0.496 e. The Bertz CT molecular complexity index is 318. The molecule has 0 radical (unpaired) electrons. The molecule has 1 rings (SSSR count). The summed E-state index contributed by atoms with van der Waals surface area (Å²) >= 11 is 0. The van der Waals surface area contributed by atoms with Crippen LogP contribution in [-0.4, -0.2) is 21.2 Å². The minimum atomic E-state index is 0.649. The third-order valence-electron chi connectivity index (χ3n) is 2.41. The van der Waals surface area contributed by atoms with Crippen LogP contribution in [0, 0.1) is 5.92 Å². The fourth-order valence-corrected chi connectivity index (χ4v) is 1.64. The standard InChI is InChI=1S/C13H21NO/c1-10(2)8-11-9-12(14(3)4)6-7-13(11)15-5/h6-7,9-10H,8H2,1-5H3. The number of hydrogen-bond acceptors (Lipinski definition) is 2. The van der Waals surface area contributed by atoms with E-state index < -0.39 is 0 Å². The van der Waals surface area contributed by atoms with E-state index in [0.717, 1.165) is 12.2 Å². The first-order valence-corrected chi connectivity index (χ1v) is 5.38. The highest BCUT2D eigenvalue weighted by Gasteiger charge is 2.07. The van der Waals surface area contributed by atoms with Crippen LogP contribution in [0.2, 0.25) is 0 Å². The molecular formula is C13H21NO. The molecule has 0 N–H and O–H groups in total. The predicted octanol–water partition coefficient (Wildman–Crippen LogP) is 2.96. The van der Waals surface area contributed by atoms with Gasteiger partial charge in [-0.2, -0.15) is 0 Å². The number of hydrogen-bond donors (Lipinski definition) is 0. The molecular weight excluding hydrogens is 186 g/mol. The fraction of sp³-hybridized carbons (Fsp3) is 0.538. The third-order valence-corrected chi connectivity index (χ3v) is 2.41. The van der Waals surface area contributed by atoms with E-state index in [1.54, 1.807) is 7.11 Å². The summed E-state index contributed by atoms with van der Waals surface area (Å²) in [6, 6.07) is 6.34. The smallest absolute Gasteiger partial charge is 0.122 e. The number of rotatable bonds is 4. The summed E-state index contributed by atoms with van der Waals surface area (Å²) in [5.74, 6) is 1.64. The molecule has 0 saturated carbocycles. The Morgan fingerprint density at radius 1 is 1.27 bits per heavy atom. The summed E-state index contributed by atoms with van der Waals surface area (Å²) in [6.07, 6.45) is 1.06. The van der Waals surface area contributed by atoms with Gasteiger partial charge in [-0.05, 0) is 36.1 Å². The molecule has 0 unspecified atom stereocenters. The Labute approximate surface area is 92.9 Å². The topological polar surface area (TPSA) is 12.5 Å². The van der Waals surface area contributed by atoms with Crippen molar-refractivity contribution in [3.8, 4) is 5.75 Å². The second-order valence-electron chi connectivity index (χ2n) is 4.49. The van der Waals surface area contributed by atoms with Crippen LogP contribution in [0.5, 0.6) is 5.75 Å². The molecule has 15 heavy (non-hydrogen) atoms. The maximum Gasteiger partial charge on any atom is 0.122 e. The number of nitrogens with zero attached hydrogens (tertiary/aromatic N) is 1. The van der Waals surface area contributed by atoms with E-state index in [1.165, 1.54) is 11.3 Å². The maximum absolute atomic E-state index is 5.36. The lowest BCUT2D eigenvalue weighted by molar-refractivity contribution is 0.407. The molecule has 0 bridgehead atoms. The van der Waals surface area contributed by atoms with E-state index in [2.05, 4.69) is 45.0 Å². The average molecular weight is 207 g/mol. The fourth-order valence-electron chi connectivity index (χ4n) is 1.64. The van der Waals surface area contributed by atoms with Crippen molar-refractivity contribution in [1.29, 1.82) is 0 Å². The van der Waals surface area contributed by atoms with Crippen molar-refractivity contribution in [3.05, 3.63) is 23.8 Å². The number of ether oxygens (including phenoxy) is 1. The molecule has 0 spiro atoms. The predicted molar refractivity (Wildman–Crippen MR) is 65.9 cm³/mol. The van der Waals surface area contributed by atoms with E-state index in [0.29, 0.717) is 5.92 Å². The van der Waals surface area contributed by atoms with Crippen molar-refractivity contribution < 1.29 is 4.74 Å². The van der Waals surface area contributed by atoms with Gasteiger partial charge in [0.25, 0.3) is 0 Å². The van der Waals surface area contributed by atoms with Gasteiger partial charge in [-0.1, -0.05) is 13.8 Å². The van der Waals surface area contributed by atoms with Gasteiger partial charge in [0.1, 0.15) is 5.75 Å². The van der Waals surface area contributed by atoms with Gasteiger partial charge in [-0.25, -0.2) is 0 Å². The molecule has 0 atom stereocenters. The van der Waals surface area contributed by atoms with Gasteiger partial charge >= 0.3 is 0 Å². The zero-order chi connectivity index (χ0) is 11.4. The molecule has 0 aromatic heterocycles. The average Bonchev–Trinajstić information content (AvgIpc) is 2.16. The Morgan fingerprint density at radius 2 is 1.93 bits per heavy atom. The first kappa shape index (κ1) is 11.9. The second kappa shape index (κ2) is 5.06. The summed E-state index contributed by atoms with van der Waals surface area (Å²) in [6.45, 7) is 4.45. The molecule has 0 amide bonds. The summed E-state index contributed by atoms with van der Waals surface area (Å²) in [5, 5.41) is 0. The molecule has 0 aliphatic heterocycles. The van der Waals surface area contributed by atoms with E-state index in [9.17, 15) is 0 Å². The van der Waals surface area contributed by atoms with Crippen LogP contribution in [0.4, 0.5) is 5.69 Å².